The third kappa shape index (κ3) is 3.41. The van der Waals surface area contributed by atoms with Crippen molar-refractivity contribution >= 4 is 32.3 Å². The van der Waals surface area contributed by atoms with Crippen molar-refractivity contribution in [2.24, 2.45) is 0 Å². The van der Waals surface area contributed by atoms with Crippen molar-refractivity contribution in [3.63, 3.8) is 0 Å². The van der Waals surface area contributed by atoms with E-state index in [-0.39, 0.29) is 0 Å². The van der Waals surface area contributed by atoms with Gasteiger partial charge in [0.25, 0.3) is 0 Å². The number of aromatic nitrogens is 3. The molecule has 0 atom stereocenters. The van der Waals surface area contributed by atoms with Crippen LogP contribution in [0.1, 0.15) is 0 Å². The van der Waals surface area contributed by atoms with Gasteiger partial charge in [-0.15, -0.1) is 0 Å². The molecule has 0 radical (unpaired) electrons. The minimum atomic E-state index is 0.667. The first-order valence-electron chi connectivity index (χ1n) is 12.1. The molecule has 168 valence electrons. The van der Waals surface area contributed by atoms with Crippen LogP contribution in [0.25, 0.3) is 66.5 Å². The summed E-state index contributed by atoms with van der Waals surface area (Å²) in [5.41, 5.74) is 2.97. The van der Waals surface area contributed by atoms with Crippen LogP contribution in [0.2, 0.25) is 0 Å². The smallest absolute Gasteiger partial charge is 0.164 e. The van der Waals surface area contributed by atoms with Crippen LogP contribution in [0, 0.1) is 0 Å². The average molecular weight is 460 g/mol. The highest BCUT2D eigenvalue weighted by Gasteiger charge is 2.16. The molecule has 0 saturated heterocycles. The van der Waals surface area contributed by atoms with Crippen LogP contribution < -0.4 is 0 Å². The van der Waals surface area contributed by atoms with Crippen molar-refractivity contribution in [1.29, 1.82) is 0 Å². The molecule has 0 bridgehead atoms. The second-order valence-electron chi connectivity index (χ2n) is 8.89. The van der Waals surface area contributed by atoms with Crippen LogP contribution in [0.15, 0.2) is 127 Å². The van der Waals surface area contributed by atoms with E-state index in [2.05, 4.69) is 97.1 Å². The molecular formula is C33H21N3. The van der Waals surface area contributed by atoms with Crippen LogP contribution in [-0.4, -0.2) is 15.0 Å². The number of benzene rings is 6. The largest absolute Gasteiger partial charge is 0.208 e. The Balaban J connectivity index is 1.56. The first-order chi connectivity index (χ1) is 17.8. The van der Waals surface area contributed by atoms with E-state index < -0.39 is 0 Å². The minimum absolute atomic E-state index is 0.667. The summed E-state index contributed by atoms with van der Waals surface area (Å²) in [6, 6.07) is 43.9. The highest BCUT2D eigenvalue weighted by Crippen LogP contribution is 2.35. The number of fused-ring (bicyclic) bond motifs is 4. The lowest BCUT2D eigenvalue weighted by molar-refractivity contribution is 1.08. The lowest BCUT2D eigenvalue weighted by Gasteiger charge is -2.13. The molecule has 0 N–H and O–H groups in total. The van der Waals surface area contributed by atoms with Gasteiger partial charge in [0.2, 0.25) is 0 Å². The summed E-state index contributed by atoms with van der Waals surface area (Å²) < 4.78 is 0. The zero-order valence-corrected chi connectivity index (χ0v) is 19.5. The van der Waals surface area contributed by atoms with Gasteiger partial charge in [0.05, 0.1) is 0 Å². The number of nitrogens with zero attached hydrogens (tertiary/aromatic N) is 3. The third-order valence-electron chi connectivity index (χ3n) is 6.71. The van der Waals surface area contributed by atoms with E-state index in [1.54, 1.807) is 0 Å². The first kappa shape index (κ1) is 20.5. The molecule has 0 saturated carbocycles. The molecule has 0 amide bonds. The monoisotopic (exact) mass is 459 g/mol. The van der Waals surface area contributed by atoms with E-state index >= 15 is 0 Å². The summed E-state index contributed by atoms with van der Waals surface area (Å²) in [5.74, 6) is 2.02. The number of hydrogen-bond acceptors (Lipinski definition) is 3. The minimum Gasteiger partial charge on any atom is -0.208 e. The Morgan fingerprint density at radius 2 is 0.889 bits per heavy atom. The van der Waals surface area contributed by atoms with Crippen LogP contribution in [-0.2, 0) is 0 Å². The predicted octanol–water partition coefficient (Wildman–Crippen LogP) is 8.33. The van der Waals surface area contributed by atoms with Crippen LogP contribution in [0.4, 0.5) is 0 Å². The van der Waals surface area contributed by atoms with E-state index in [4.69, 9.17) is 15.0 Å². The van der Waals surface area contributed by atoms with Gasteiger partial charge < -0.3 is 0 Å². The second kappa shape index (κ2) is 8.40. The Morgan fingerprint density at radius 1 is 0.333 bits per heavy atom. The quantitative estimate of drug-likeness (QED) is 0.249. The highest BCUT2D eigenvalue weighted by atomic mass is 15.0. The molecule has 0 fully saturated rings. The van der Waals surface area contributed by atoms with Gasteiger partial charge in [-0.25, -0.2) is 15.0 Å². The van der Waals surface area contributed by atoms with Crippen molar-refractivity contribution in [2.75, 3.05) is 0 Å². The zero-order valence-electron chi connectivity index (χ0n) is 19.5. The Kier molecular flexibility index (Phi) is 4.78. The Morgan fingerprint density at radius 3 is 1.69 bits per heavy atom. The molecule has 0 unspecified atom stereocenters. The molecule has 1 aromatic heterocycles. The van der Waals surface area contributed by atoms with Gasteiger partial charge in [-0.2, -0.15) is 0 Å². The number of hydrogen-bond donors (Lipinski definition) is 0. The Labute approximate surface area is 208 Å². The van der Waals surface area contributed by atoms with Crippen LogP contribution >= 0.6 is 0 Å². The van der Waals surface area contributed by atoms with Crippen LogP contribution in [0.5, 0.6) is 0 Å². The Bertz CT molecular complexity index is 1890. The van der Waals surface area contributed by atoms with Gasteiger partial charge >= 0.3 is 0 Å². The van der Waals surface area contributed by atoms with E-state index in [1.807, 2.05) is 30.3 Å². The van der Waals surface area contributed by atoms with Gasteiger partial charge in [0, 0.05) is 16.7 Å². The molecule has 0 aliphatic rings. The normalized spacial score (nSPS) is 11.3. The van der Waals surface area contributed by atoms with Crippen LogP contribution in [0.3, 0.4) is 0 Å². The molecule has 0 aliphatic carbocycles. The van der Waals surface area contributed by atoms with Gasteiger partial charge in [-0.1, -0.05) is 121 Å². The summed E-state index contributed by atoms with van der Waals surface area (Å²) in [5, 5.41) is 7.00. The van der Waals surface area contributed by atoms with E-state index in [9.17, 15) is 0 Å². The summed E-state index contributed by atoms with van der Waals surface area (Å²) in [6.07, 6.45) is 0. The molecule has 0 spiro atoms. The maximum atomic E-state index is 5.08. The zero-order chi connectivity index (χ0) is 23.9. The third-order valence-corrected chi connectivity index (χ3v) is 6.71. The molecule has 0 aliphatic heterocycles. The molecule has 3 heteroatoms. The summed E-state index contributed by atoms with van der Waals surface area (Å²) in [6.45, 7) is 0. The topological polar surface area (TPSA) is 38.7 Å². The van der Waals surface area contributed by atoms with Crippen molar-refractivity contribution in [2.45, 2.75) is 0 Å². The average Bonchev–Trinajstić information content (AvgIpc) is 2.96. The lowest BCUT2D eigenvalue weighted by atomic mass is 9.96. The van der Waals surface area contributed by atoms with Crippen molar-refractivity contribution in [1.82, 2.24) is 15.0 Å². The fourth-order valence-electron chi connectivity index (χ4n) is 4.99. The molecule has 7 aromatic rings. The second-order valence-corrected chi connectivity index (χ2v) is 8.89. The van der Waals surface area contributed by atoms with Gasteiger partial charge in [-0.3, -0.25) is 0 Å². The van der Waals surface area contributed by atoms with E-state index in [0.717, 1.165) is 32.8 Å². The van der Waals surface area contributed by atoms with Crippen molar-refractivity contribution in [3.8, 4) is 34.2 Å². The number of rotatable bonds is 3. The molecule has 36 heavy (non-hydrogen) atoms. The molecular weight excluding hydrogens is 438 g/mol. The molecule has 6 aromatic carbocycles. The molecule has 1 heterocycles. The summed E-state index contributed by atoms with van der Waals surface area (Å²) >= 11 is 0. The lowest BCUT2D eigenvalue weighted by Crippen LogP contribution is -2.01. The van der Waals surface area contributed by atoms with E-state index in [1.165, 1.54) is 16.2 Å². The van der Waals surface area contributed by atoms with Crippen molar-refractivity contribution in [3.05, 3.63) is 127 Å². The fraction of sp³-hybridized carbons (Fsp3) is 0. The first-order valence-corrected chi connectivity index (χ1v) is 12.1. The standard InChI is InChI=1S/C33H21N3/c1-2-12-23(13-3-1)31-34-32(29-20-10-15-22-11-4-6-16-25(22)29)36-33(35-31)30-21-24-14-5-7-17-26(24)27-18-8-9-19-28(27)30/h1-21H. The van der Waals surface area contributed by atoms with Gasteiger partial charge in [-0.05, 0) is 38.4 Å². The summed E-state index contributed by atoms with van der Waals surface area (Å²) in [4.78, 5) is 15.1. The highest BCUT2D eigenvalue weighted by molar-refractivity contribution is 6.13. The SMILES string of the molecule is c1ccc(-c2nc(-c3cccc4ccccc34)nc(-c3cc4ccccc4c4ccccc34)n2)cc1. The Hall–Kier alpha value is -4.89. The van der Waals surface area contributed by atoms with Crippen molar-refractivity contribution < 1.29 is 0 Å². The predicted molar refractivity (Wildman–Crippen MR) is 149 cm³/mol. The molecule has 3 nitrogen and oxygen atoms in total. The maximum Gasteiger partial charge on any atom is 0.164 e. The fourth-order valence-corrected chi connectivity index (χ4v) is 4.99. The maximum absolute atomic E-state index is 5.08. The van der Waals surface area contributed by atoms with Gasteiger partial charge in [0.15, 0.2) is 17.5 Å². The van der Waals surface area contributed by atoms with E-state index in [0.29, 0.717) is 17.5 Å². The molecule has 7 rings (SSSR count). The summed E-state index contributed by atoms with van der Waals surface area (Å²) in [7, 11) is 0. The van der Waals surface area contributed by atoms with Gasteiger partial charge in [0.1, 0.15) is 0 Å².